The van der Waals surface area contributed by atoms with Crippen LogP contribution in [0.2, 0.25) is 0 Å². The normalized spacial score (nSPS) is 17.6. The molecular formula is C12H14BrO6P. The molecule has 8 heteroatoms. The fraction of sp³-hybridized carbons (Fsp3) is 0.417. The van der Waals surface area contributed by atoms with Gasteiger partial charge in [-0.15, -0.1) is 0 Å². The van der Waals surface area contributed by atoms with Gasteiger partial charge in [-0.05, 0) is 41.4 Å². The van der Waals surface area contributed by atoms with Crippen molar-refractivity contribution in [3.8, 4) is 11.5 Å². The van der Waals surface area contributed by atoms with Crippen LogP contribution in [0.3, 0.4) is 0 Å². The summed E-state index contributed by atoms with van der Waals surface area (Å²) >= 11 is 3.18. The number of halogens is 1. The van der Waals surface area contributed by atoms with E-state index in [2.05, 4.69) is 15.9 Å². The lowest BCUT2D eigenvalue weighted by Crippen LogP contribution is -2.11. The summed E-state index contributed by atoms with van der Waals surface area (Å²) in [5, 5.41) is 0. The predicted molar refractivity (Wildman–Crippen MR) is 75.3 cm³/mol. The van der Waals surface area contributed by atoms with Gasteiger partial charge in [0.2, 0.25) is 6.79 Å². The predicted octanol–water partition coefficient (Wildman–Crippen LogP) is 3.32. The zero-order valence-corrected chi connectivity index (χ0v) is 13.4. The monoisotopic (exact) mass is 364 g/mol. The number of fused-ring (bicyclic) bond motifs is 1. The van der Waals surface area contributed by atoms with E-state index < -0.39 is 19.2 Å². The SMILES string of the molecule is CCC(C)OP(=O)(O)C(=O)c1cc2c(cc1Br)OCO2. The maximum absolute atomic E-state index is 12.2. The van der Waals surface area contributed by atoms with E-state index in [4.69, 9.17) is 14.0 Å². The molecule has 1 aromatic carbocycles. The van der Waals surface area contributed by atoms with E-state index in [0.717, 1.165) is 0 Å². The highest BCUT2D eigenvalue weighted by Crippen LogP contribution is 2.49. The molecule has 0 aromatic heterocycles. The molecule has 0 spiro atoms. The van der Waals surface area contributed by atoms with Gasteiger partial charge >= 0.3 is 7.60 Å². The second-order valence-electron chi connectivity index (χ2n) is 4.34. The first-order valence-corrected chi connectivity index (χ1v) is 8.37. The van der Waals surface area contributed by atoms with Crippen LogP contribution in [-0.4, -0.2) is 23.3 Å². The number of ether oxygens (including phenoxy) is 2. The minimum absolute atomic E-state index is 0.0309. The molecule has 2 atom stereocenters. The van der Waals surface area contributed by atoms with Crippen molar-refractivity contribution >= 4 is 29.1 Å². The van der Waals surface area contributed by atoms with Crippen molar-refractivity contribution in [2.24, 2.45) is 0 Å². The standard InChI is InChI=1S/C12H14BrO6P/c1-3-7(2)19-20(15,16)12(14)8-4-10-11(5-9(8)13)18-6-17-10/h4-5,7H,3,6H2,1-2H3,(H,15,16). The Bertz CT molecular complexity index is 588. The van der Waals surface area contributed by atoms with Crippen molar-refractivity contribution in [1.29, 1.82) is 0 Å². The van der Waals surface area contributed by atoms with Gasteiger partial charge in [-0.3, -0.25) is 9.36 Å². The molecule has 1 aliphatic heterocycles. The summed E-state index contributed by atoms with van der Waals surface area (Å²) in [6.07, 6.45) is 0.0442. The van der Waals surface area contributed by atoms with Gasteiger partial charge in [0.1, 0.15) is 0 Å². The van der Waals surface area contributed by atoms with Crippen molar-refractivity contribution in [2.45, 2.75) is 26.4 Å². The average Bonchev–Trinajstić information content (AvgIpc) is 2.83. The molecule has 1 aromatic rings. The van der Waals surface area contributed by atoms with Gasteiger partial charge in [-0.2, -0.15) is 0 Å². The van der Waals surface area contributed by atoms with E-state index in [0.29, 0.717) is 22.4 Å². The average molecular weight is 365 g/mol. The lowest BCUT2D eigenvalue weighted by Gasteiger charge is -2.16. The minimum Gasteiger partial charge on any atom is -0.454 e. The lowest BCUT2D eigenvalue weighted by molar-refractivity contribution is 0.0990. The van der Waals surface area contributed by atoms with Gasteiger partial charge in [-0.25, -0.2) is 0 Å². The van der Waals surface area contributed by atoms with Crippen LogP contribution in [-0.2, 0) is 9.09 Å². The van der Waals surface area contributed by atoms with E-state index in [1.54, 1.807) is 13.8 Å². The highest BCUT2D eigenvalue weighted by Gasteiger charge is 2.35. The first kappa shape index (κ1) is 15.5. The molecule has 0 saturated heterocycles. The maximum atomic E-state index is 12.2. The second-order valence-corrected chi connectivity index (χ2v) is 6.85. The topological polar surface area (TPSA) is 82.1 Å². The molecule has 6 nitrogen and oxygen atoms in total. The summed E-state index contributed by atoms with van der Waals surface area (Å²) in [7, 11) is -4.40. The van der Waals surface area contributed by atoms with Crippen LogP contribution in [0.4, 0.5) is 0 Å². The van der Waals surface area contributed by atoms with Gasteiger partial charge < -0.3 is 18.9 Å². The van der Waals surface area contributed by atoms with E-state index in [9.17, 15) is 14.3 Å². The molecule has 1 heterocycles. The molecule has 110 valence electrons. The second kappa shape index (κ2) is 5.85. The van der Waals surface area contributed by atoms with Crippen LogP contribution in [0.5, 0.6) is 11.5 Å². The van der Waals surface area contributed by atoms with Crippen LogP contribution in [0.15, 0.2) is 16.6 Å². The summed E-state index contributed by atoms with van der Waals surface area (Å²) in [5.41, 5.74) is -0.939. The van der Waals surface area contributed by atoms with E-state index in [1.165, 1.54) is 12.1 Å². The highest BCUT2D eigenvalue weighted by atomic mass is 79.9. The molecule has 0 fully saturated rings. The number of carbonyl (C=O) groups excluding carboxylic acids is 1. The van der Waals surface area contributed by atoms with Gasteiger partial charge in [0.15, 0.2) is 11.5 Å². The molecule has 2 unspecified atom stereocenters. The smallest absolute Gasteiger partial charge is 0.399 e. The quantitative estimate of drug-likeness (QED) is 0.807. The summed E-state index contributed by atoms with van der Waals surface area (Å²) in [4.78, 5) is 22.0. The zero-order chi connectivity index (χ0) is 14.9. The first-order valence-electron chi connectivity index (χ1n) is 6.00. The molecule has 2 rings (SSSR count). The Balaban J connectivity index is 2.31. The third kappa shape index (κ3) is 3.06. The number of hydrogen-bond donors (Lipinski definition) is 1. The fourth-order valence-electron chi connectivity index (χ4n) is 1.60. The number of benzene rings is 1. The van der Waals surface area contributed by atoms with Crippen LogP contribution in [0.25, 0.3) is 0 Å². The van der Waals surface area contributed by atoms with Crippen molar-refractivity contribution in [1.82, 2.24) is 0 Å². The zero-order valence-electron chi connectivity index (χ0n) is 11.0. The first-order chi connectivity index (χ1) is 9.35. The Kier molecular flexibility index (Phi) is 4.54. The third-order valence-corrected chi connectivity index (χ3v) is 4.90. The fourth-order valence-corrected chi connectivity index (χ4v) is 3.48. The number of rotatable bonds is 5. The largest absolute Gasteiger partial charge is 0.454 e. The maximum Gasteiger partial charge on any atom is 0.399 e. The minimum atomic E-state index is -4.40. The lowest BCUT2D eigenvalue weighted by atomic mass is 10.2. The van der Waals surface area contributed by atoms with Gasteiger partial charge in [0.25, 0.3) is 5.52 Å². The molecule has 0 saturated carbocycles. The Morgan fingerprint density at radius 2 is 2.10 bits per heavy atom. The van der Waals surface area contributed by atoms with Crippen molar-refractivity contribution in [2.75, 3.05) is 6.79 Å². The molecule has 0 bridgehead atoms. The Morgan fingerprint density at radius 3 is 2.70 bits per heavy atom. The van der Waals surface area contributed by atoms with Gasteiger partial charge in [0.05, 0.1) is 6.10 Å². The summed E-state index contributed by atoms with van der Waals surface area (Å²) in [6, 6.07) is 2.90. The van der Waals surface area contributed by atoms with Crippen molar-refractivity contribution in [3.63, 3.8) is 0 Å². The van der Waals surface area contributed by atoms with Crippen LogP contribution in [0.1, 0.15) is 30.6 Å². The summed E-state index contributed by atoms with van der Waals surface area (Å²) < 4.78 is 27.6. The number of hydrogen-bond acceptors (Lipinski definition) is 5. The third-order valence-electron chi connectivity index (χ3n) is 2.85. The number of carbonyl (C=O) groups is 1. The summed E-state index contributed by atoms with van der Waals surface area (Å²) in [5.74, 6) is 0.837. The molecule has 0 radical (unpaired) electrons. The van der Waals surface area contributed by atoms with Crippen LogP contribution in [0, 0.1) is 0 Å². The van der Waals surface area contributed by atoms with E-state index in [1.807, 2.05) is 0 Å². The molecule has 1 aliphatic rings. The van der Waals surface area contributed by atoms with Crippen LogP contribution < -0.4 is 9.47 Å². The Hall–Kier alpha value is -0.880. The van der Waals surface area contributed by atoms with Crippen LogP contribution >= 0.6 is 23.5 Å². The Labute approximate surface area is 124 Å². The molecule has 20 heavy (non-hydrogen) atoms. The van der Waals surface area contributed by atoms with Crippen molar-refractivity contribution in [3.05, 3.63) is 22.2 Å². The highest BCUT2D eigenvalue weighted by molar-refractivity contribution is 9.10. The Morgan fingerprint density at radius 1 is 1.50 bits per heavy atom. The molecule has 1 N–H and O–H groups in total. The molecule has 0 aliphatic carbocycles. The molecule has 0 amide bonds. The van der Waals surface area contributed by atoms with Crippen molar-refractivity contribution < 1.29 is 28.3 Å². The van der Waals surface area contributed by atoms with Gasteiger partial charge in [-0.1, -0.05) is 6.92 Å². The summed E-state index contributed by atoms with van der Waals surface area (Å²) in [6.45, 7) is 3.48. The van der Waals surface area contributed by atoms with Gasteiger partial charge in [0, 0.05) is 10.0 Å². The van der Waals surface area contributed by atoms with E-state index in [-0.39, 0.29) is 12.4 Å². The molecular weight excluding hydrogens is 351 g/mol. The van der Waals surface area contributed by atoms with E-state index >= 15 is 0 Å².